The number of rotatable bonds is 4. The van der Waals surface area contributed by atoms with Gasteiger partial charge in [0.2, 0.25) is 0 Å². The van der Waals surface area contributed by atoms with Gasteiger partial charge in [0.1, 0.15) is 5.75 Å². The summed E-state index contributed by atoms with van der Waals surface area (Å²) in [6.45, 7) is 6.62. The molecule has 0 fully saturated rings. The van der Waals surface area contributed by atoms with Gasteiger partial charge < -0.3 is 5.11 Å². The molecule has 0 saturated heterocycles. The van der Waals surface area contributed by atoms with Gasteiger partial charge in [-0.25, -0.2) is 0 Å². The zero-order valence-corrected chi connectivity index (χ0v) is 9.38. The van der Waals surface area contributed by atoms with Gasteiger partial charge in [-0.2, -0.15) is 0 Å². The van der Waals surface area contributed by atoms with Crippen LogP contribution in [0.1, 0.15) is 38.3 Å². The van der Waals surface area contributed by atoms with E-state index in [0.29, 0.717) is 5.75 Å². The van der Waals surface area contributed by atoms with Crippen LogP contribution in [0.15, 0.2) is 18.2 Å². The van der Waals surface area contributed by atoms with Crippen molar-refractivity contribution in [2.75, 3.05) is 0 Å². The molecular formula is C13H20O. The molecule has 1 aromatic carbocycles. The summed E-state index contributed by atoms with van der Waals surface area (Å²) in [6.07, 6.45) is 3.34. The molecule has 0 spiro atoms. The van der Waals surface area contributed by atoms with E-state index in [9.17, 15) is 5.11 Å². The Labute approximate surface area is 86.8 Å². The molecule has 1 atom stereocenters. The summed E-state index contributed by atoms with van der Waals surface area (Å²) >= 11 is 0. The largest absolute Gasteiger partial charge is 0.508 e. The average Bonchev–Trinajstić information content (AvgIpc) is 2.20. The van der Waals surface area contributed by atoms with E-state index in [1.807, 2.05) is 6.07 Å². The highest BCUT2D eigenvalue weighted by Crippen LogP contribution is 2.20. The maximum Gasteiger partial charge on any atom is 0.115 e. The van der Waals surface area contributed by atoms with Crippen molar-refractivity contribution in [1.82, 2.24) is 0 Å². The van der Waals surface area contributed by atoms with Crippen LogP contribution in [0, 0.1) is 5.92 Å². The molecule has 1 heteroatoms. The van der Waals surface area contributed by atoms with Crippen molar-refractivity contribution in [3.8, 4) is 5.75 Å². The molecule has 0 unspecified atom stereocenters. The molecule has 1 rings (SSSR count). The van der Waals surface area contributed by atoms with Gasteiger partial charge in [-0.3, -0.25) is 0 Å². The first-order chi connectivity index (χ1) is 6.67. The summed E-state index contributed by atoms with van der Waals surface area (Å²) in [7, 11) is 0. The minimum absolute atomic E-state index is 0.384. The molecule has 0 aliphatic heterocycles. The Balaban J connectivity index is 2.85. The van der Waals surface area contributed by atoms with Crippen molar-refractivity contribution in [3.05, 3.63) is 29.3 Å². The Morgan fingerprint density at radius 1 is 1.21 bits per heavy atom. The number of phenols is 1. The molecule has 1 aromatic rings. The maximum absolute atomic E-state index is 9.36. The number of aromatic hydroxyl groups is 1. The summed E-state index contributed by atoms with van der Waals surface area (Å²) in [5.41, 5.74) is 2.67. The van der Waals surface area contributed by atoms with E-state index in [2.05, 4.69) is 26.8 Å². The Hall–Kier alpha value is -0.980. The molecule has 1 nitrogen and oxygen atoms in total. The second-order valence-electron chi connectivity index (χ2n) is 4.02. The maximum atomic E-state index is 9.36. The van der Waals surface area contributed by atoms with E-state index in [-0.39, 0.29) is 0 Å². The minimum Gasteiger partial charge on any atom is -0.508 e. The van der Waals surface area contributed by atoms with Gasteiger partial charge in [-0.05, 0) is 42.0 Å². The lowest BCUT2D eigenvalue weighted by Gasteiger charge is -2.12. The van der Waals surface area contributed by atoms with Crippen LogP contribution >= 0.6 is 0 Å². The molecule has 1 N–H and O–H groups in total. The number of phenolic OH excluding ortho intramolecular Hbond substituents is 1. The minimum atomic E-state index is 0.384. The smallest absolute Gasteiger partial charge is 0.115 e. The van der Waals surface area contributed by atoms with Crippen molar-refractivity contribution in [1.29, 1.82) is 0 Å². The van der Waals surface area contributed by atoms with Crippen LogP contribution in [-0.4, -0.2) is 5.11 Å². The van der Waals surface area contributed by atoms with E-state index in [4.69, 9.17) is 0 Å². The second-order valence-corrected chi connectivity index (χ2v) is 4.02. The molecule has 0 bridgehead atoms. The Morgan fingerprint density at radius 3 is 2.50 bits per heavy atom. The normalized spacial score (nSPS) is 12.8. The van der Waals surface area contributed by atoms with Crippen LogP contribution in [-0.2, 0) is 12.8 Å². The lowest BCUT2D eigenvalue weighted by atomic mass is 9.94. The Bertz CT molecular complexity index is 291. The van der Waals surface area contributed by atoms with Gasteiger partial charge in [0.05, 0.1) is 0 Å². The van der Waals surface area contributed by atoms with Crippen molar-refractivity contribution < 1.29 is 5.11 Å². The molecule has 0 aliphatic carbocycles. The van der Waals surface area contributed by atoms with Gasteiger partial charge in [-0.1, -0.05) is 33.3 Å². The van der Waals surface area contributed by atoms with Gasteiger partial charge in [0.25, 0.3) is 0 Å². The SMILES string of the molecule is CCc1cc(O)ccc1C[C@@H](C)CC. The summed E-state index contributed by atoms with van der Waals surface area (Å²) in [5.74, 6) is 1.11. The average molecular weight is 192 g/mol. The molecule has 0 radical (unpaired) electrons. The zero-order chi connectivity index (χ0) is 10.6. The van der Waals surface area contributed by atoms with Crippen LogP contribution in [0.4, 0.5) is 0 Å². The van der Waals surface area contributed by atoms with E-state index >= 15 is 0 Å². The van der Waals surface area contributed by atoms with Crippen LogP contribution in [0.2, 0.25) is 0 Å². The fourth-order valence-electron chi connectivity index (χ4n) is 1.66. The summed E-state index contributed by atoms with van der Waals surface area (Å²) in [6, 6.07) is 5.73. The number of hydrogen-bond donors (Lipinski definition) is 1. The van der Waals surface area contributed by atoms with Crippen molar-refractivity contribution in [3.63, 3.8) is 0 Å². The molecule has 0 heterocycles. The fraction of sp³-hybridized carbons (Fsp3) is 0.538. The standard InChI is InChI=1S/C13H20O/c1-4-10(3)8-12-6-7-13(14)9-11(12)5-2/h6-7,9-10,14H,4-5,8H2,1-3H3/t10-/m0/s1. The third kappa shape index (κ3) is 2.76. The Kier molecular flexibility index (Phi) is 3.99. The van der Waals surface area contributed by atoms with Gasteiger partial charge in [0, 0.05) is 0 Å². The summed E-state index contributed by atoms with van der Waals surface area (Å²) in [5, 5.41) is 9.36. The third-order valence-electron chi connectivity index (χ3n) is 2.84. The highest BCUT2D eigenvalue weighted by molar-refractivity contribution is 5.35. The number of benzene rings is 1. The second kappa shape index (κ2) is 5.04. The van der Waals surface area contributed by atoms with Crippen molar-refractivity contribution >= 4 is 0 Å². The van der Waals surface area contributed by atoms with E-state index in [1.165, 1.54) is 17.5 Å². The molecule has 0 aromatic heterocycles. The van der Waals surface area contributed by atoms with Gasteiger partial charge in [0.15, 0.2) is 0 Å². The number of hydrogen-bond acceptors (Lipinski definition) is 1. The highest BCUT2D eigenvalue weighted by atomic mass is 16.3. The van der Waals surface area contributed by atoms with Crippen LogP contribution < -0.4 is 0 Å². The third-order valence-corrected chi connectivity index (χ3v) is 2.84. The Morgan fingerprint density at radius 2 is 1.93 bits per heavy atom. The lowest BCUT2D eigenvalue weighted by molar-refractivity contribution is 0.473. The first kappa shape index (κ1) is 11.1. The highest BCUT2D eigenvalue weighted by Gasteiger charge is 2.05. The molecule has 0 amide bonds. The lowest BCUT2D eigenvalue weighted by Crippen LogP contribution is -2.01. The summed E-state index contributed by atoms with van der Waals surface area (Å²) in [4.78, 5) is 0. The summed E-state index contributed by atoms with van der Waals surface area (Å²) < 4.78 is 0. The molecule has 0 aliphatic rings. The molecule has 0 saturated carbocycles. The monoisotopic (exact) mass is 192 g/mol. The fourth-order valence-corrected chi connectivity index (χ4v) is 1.66. The van der Waals surface area contributed by atoms with E-state index in [1.54, 1.807) is 6.07 Å². The van der Waals surface area contributed by atoms with E-state index in [0.717, 1.165) is 18.8 Å². The number of aryl methyl sites for hydroxylation is 1. The van der Waals surface area contributed by atoms with Gasteiger partial charge in [-0.15, -0.1) is 0 Å². The first-order valence-electron chi connectivity index (χ1n) is 5.48. The topological polar surface area (TPSA) is 20.2 Å². The van der Waals surface area contributed by atoms with Crippen LogP contribution in [0.3, 0.4) is 0 Å². The molecular weight excluding hydrogens is 172 g/mol. The predicted octanol–water partition coefficient (Wildman–Crippen LogP) is 3.54. The quantitative estimate of drug-likeness (QED) is 0.773. The van der Waals surface area contributed by atoms with E-state index < -0.39 is 0 Å². The first-order valence-corrected chi connectivity index (χ1v) is 5.48. The van der Waals surface area contributed by atoms with Crippen LogP contribution in [0.25, 0.3) is 0 Å². The van der Waals surface area contributed by atoms with Crippen molar-refractivity contribution in [2.24, 2.45) is 5.92 Å². The predicted molar refractivity (Wildman–Crippen MR) is 60.6 cm³/mol. The van der Waals surface area contributed by atoms with Crippen LogP contribution in [0.5, 0.6) is 5.75 Å². The van der Waals surface area contributed by atoms with Crippen molar-refractivity contribution in [2.45, 2.75) is 40.0 Å². The zero-order valence-electron chi connectivity index (χ0n) is 9.38. The molecule has 78 valence electrons. The molecule has 14 heavy (non-hydrogen) atoms. The van der Waals surface area contributed by atoms with Gasteiger partial charge >= 0.3 is 0 Å².